The van der Waals surface area contributed by atoms with Gasteiger partial charge in [-0.2, -0.15) is 0 Å². The van der Waals surface area contributed by atoms with E-state index in [0.717, 1.165) is 44.9 Å². The number of rotatable bonds is 18. The molecule has 1 rings (SSSR count). The van der Waals surface area contributed by atoms with Gasteiger partial charge in [-0.1, -0.05) is 105 Å². The van der Waals surface area contributed by atoms with Crippen LogP contribution in [0, 0.1) is 0 Å². The number of aromatic nitrogens is 2. The Labute approximate surface area is 189 Å². The first kappa shape index (κ1) is 29.4. The molecule has 31 heavy (non-hydrogen) atoms. The summed E-state index contributed by atoms with van der Waals surface area (Å²) in [5.74, 6) is -0.567. The number of hydrogen-bond acceptors (Lipinski definition) is 4. The fourth-order valence-corrected chi connectivity index (χ4v) is 3.63. The van der Waals surface area contributed by atoms with E-state index in [4.69, 9.17) is 4.42 Å². The van der Waals surface area contributed by atoms with Crippen molar-refractivity contribution >= 4 is 0 Å². The molecule has 1 aromatic rings. The summed E-state index contributed by atoms with van der Waals surface area (Å²) in [4.78, 5) is 30.0. The summed E-state index contributed by atoms with van der Waals surface area (Å²) in [5, 5.41) is 0. The molecule has 0 bridgehead atoms. The Morgan fingerprint density at radius 2 is 1.10 bits per heavy atom. The molecule has 0 aliphatic carbocycles. The van der Waals surface area contributed by atoms with E-state index in [0.29, 0.717) is 19.6 Å². The van der Waals surface area contributed by atoms with E-state index in [2.05, 4.69) is 25.8 Å². The molecule has 0 aliphatic heterocycles. The molecule has 0 atom stereocenters. The Kier molecular flexibility index (Phi) is 18.1. The standard InChI is InChI=1S/C24H45N3O3.CH4/c1-4-7-10-13-16-19-25-22-26(20-17-14-11-8-5-2)23(28)27(24(29)30-22)21-18-15-12-9-6-3;/h4-21H2,1-3H3;1H4. The Bertz CT molecular complexity index is 731. The molecule has 0 spiro atoms. The van der Waals surface area contributed by atoms with E-state index in [1.165, 1.54) is 55.9 Å². The third-order valence-electron chi connectivity index (χ3n) is 5.57. The van der Waals surface area contributed by atoms with Crippen molar-refractivity contribution in [1.29, 1.82) is 0 Å². The van der Waals surface area contributed by atoms with Gasteiger partial charge in [0, 0.05) is 19.6 Å². The SMILES string of the molecule is C.CCCCCCCN=c1oc(=O)n(CCCCCCC)c(=O)n1CCCCCCC. The fraction of sp³-hybridized carbons (Fsp3) is 0.880. The van der Waals surface area contributed by atoms with Gasteiger partial charge in [0.25, 0.3) is 0 Å². The minimum absolute atomic E-state index is 0. The average Bonchev–Trinajstić information content (AvgIpc) is 2.74. The molecule has 0 saturated heterocycles. The first-order chi connectivity index (χ1) is 14.7. The second kappa shape index (κ2) is 19.1. The lowest BCUT2D eigenvalue weighted by Crippen LogP contribution is -2.47. The smallest absolute Gasteiger partial charge is 0.375 e. The highest BCUT2D eigenvalue weighted by Crippen LogP contribution is 2.04. The molecule has 1 aromatic heterocycles. The Hall–Kier alpha value is -1.59. The van der Waals surface area contributed by atoms with Gasteiger partial charge in [-0.25, -0.2) is 23.7 Å². The second-order valence-corrected chi connectivity index (χ2v) is 8.36. The zero-order valence-corrected chi connectivity index (χ0v) is 19.8. The van der Waals surface area contributed by atoms with Crippen LogP contribution in [0.25, 0.3) is 0 Å². The largest absolute Gasteiger partial charge is 0.425 e. The second-order valence-electron chi connectivity index (χ2n) is 8.36. The summed E-state index contributed by atoms with van der Waals surface area (Å²) >= 11 is 0. The third-order valence-corrected chi connectivity index (χ3v) is 5.57. The minimum Gasteiger partial charge on any atom is -0.375 e. The fourth-order valence-electron chi connectivity index (χ4n) is 3.63. The van der Waals surface area contributed by atoms with Crippen LogP contribution in [0.4, 0.5) is 0 Å². The predicted molar refractivity (Wildman–Crippen MR) is 131 cm³/mol. The molecule has 0 fully saturated rings. The van der Waals surface area contributed by atoms with Gasteiger partial charge in [0.1, 0.15) is 0 Å². The van der Waals surface area contributed by atoms with Crippen molar-refractivity contribution in [2.24, 2.45) is 4.99 Å². The van der Waals surface area contributed by atoms with Crippen LogP contribution < -0.4 is 17.1 Å². The van der Waals surface area contributed by atoms with Gasteiger partial charge in [-0.3, -0.25) is 0 Å². The highest BCUT2D eigenvalue weighted by atomic mass is 16.4. The molecular formula is C25H49N3O3. The van der Waals surface area contributed by atoms with Crippen molar-refractivity contribution in [1.82, 2.24) is 9.13 Å². The summed E-state index contributed by atoms with van der Waals surface area (Å²) in [7, 11) is 0. The summed E-state index contributed by atoms with van der Waals surface area (Å²) in [5.41, 5.74) is -0.0554. The molecule has 182 valence electrons. The zero-order valence-electron chi connectivity index (χ0n) is 19.8. The van der Waals surface area contributed by atoms with Gasteiger partial charge in [0.05, 0.1) is 0 Å². The maximum atomic E-state index is 13.0. The van der Waals surface area contributed by atoms with Gasteiger partial charge in [-0.05, 0) is 19.3 Å². The van der Waals surface area contributed by atoms with Gasteiger partial charge >= 0.3 is 17.1 Å². The molecule has 0 aliphatic rings. The molecule has 1 heterocycles. The maximum Gasteiger partial charge on any atom is 0.425 e. The molecule has 0 saturated carbocycles. The van der Waals surface area contributed by atoms with Crippen molar-refractivity contribution in [3.05, 3.63) is 26.7 Å². The van der Waals surface area contributed by atoms with Crippen LogP contribution in [-0.2, 0) is 13.1 Å². The van der Waals surface area contributed by atoms with Gasteiger partial charge in [0.15, 0.2) is 0 Å². The van der Waals surface area contributed by atoms with E-state index in [1.807, 2.05) is 0 Å². The van der Waals surface area contributed by atoms with Crippen molar-refractivity contribution in [3.8, 4) is 0 Å². The maximum absolute atomic E-state index is 13.0. The first-order valence-corrected chi connectivity index (χ1v) is 12.5. The van der Waals surface area contributed by atoms with Crippen LogP contribution in [0.2, 0.25) is 0 Å². The van der Waals surface area contributed by atoms with Crippen molar-refractivity contribution in [2.45, 2.75) is 138 Å². The minimum atomic E-state index is -0.567. The highest BCUT2D eigenvalue weighted by molar-refractivity contribution is 4.71. The van der Waals surface area contributed by atoms with E-state index >= 15 is 0 Å². The van der Waals surface area contributed by atoms with Crippen molar-refractivity contribution in [2.75, 3.05) is 6.54 Å². The molecule has 6 nitrogen and oxygen atoms in total. The van der Waals surface area contributed by atoms with E-state index in [-0.39, 0.29) is 18.8 Å². The molecular weight excluding hydrogens is 390 g/mol. The highest BCUT2D eigenvalue weighted by Gasteiger charge is 2.10. The summed E-state index contributed by atoms with van der Waals surface area (Å²) in [6.45, 7) is 8.16. The summed E-state index contributed by atoms with van der Waals surface area (Å²) in [6.07, 6.45) is 16.6. The van der Waals surface area contributed by atoms with Gasteiger partial charge < -0.3 is 4.42 Å². The summed E-state index contributed by atoms with van der Waals surface area (Å²) < 4.78 is 8.36. The normalized spacial score (nSPS) is 11.6. The number of nitrogens with zero attached hydrogens (tertiary/aromatic N) is 3. The molecule has 0 radical (unpaired) electrons. The van der Waals surface area contributed by atoms with Crippen LogP contribution >= 0.6 is 0 Å². The van der Waals surface area contributed by atoms with Crippen LogP contribution in [0.1, 0.15) is 125 Å². The quantitative estimate of drug-likeness (QED) is 0.261. The number of hydrogen-bond donors (Lipinski definition) is 0. The molecule has 0 N–H and O–H groups in total. The van der Waals surface area contributed by atoms with E-state index < -0.39 is 5.76 Å². The van der Waals surface area contributed by atoms with E-state index in [1.54, 1.807) is 4.57 Å². The van der Waals surface area contributed by atoms with Crippen molar-refractivity contribution in [3.63, 3.8) is 0 Å². The van der Waals surface area contributed by atoms with Crippen LogP contribution in [0.5, 0.6) is 0 Å². The first-order valence-electron chi connectivity index (χ1n) is 12.5. The average molecular weight is 440 g/mol. The van der Waals surface area contributed by atoms with Crippen LogP contribution in [0.15, 0.2) is 19.0 Å². The Morgan fingerprint density at radius 3 is 1.61 bits per heavy atom. The topological polar surface area (TPSA) is 69.5 Å². The lowest BCUT2D eigenvalue weighted by atomic mass is 10.1. The molecule has 6 heteroatoms. The van der Waals surface area contributed by atoms with E-state index in [9.17, 15) is 9.59 Å². The van der Waals surface area contributed by atoms with Crippen LogP contribution in [0.3, 0.4) is 0 Å². The number of unbranched alkanes of at least 4 members (excludes halogenated alkanes) is 12. The molecule has 0 aromatic carbocycles. The lowest BCUT2D eigenvalue weighted by molar-refractivity contribution is 0.300. The van der Waals surface area contributed by atoms with Crippen molar-refractivity contribution < 1.29 is 4.42 Å². The molecule has 0 amide bonds. The molecule has 0 unspecified atom stereocenters. The lowest BCUT2D eigenvalue weighted by Gasteiger charge is -2.10. The predicted octanol–water partition coefficient (Wildman–Crippen LogP) is 6.05. The van der Waals surface area contributed by atoms with Crippen LogP contribution in [-0.4, -0.2) is 15.7 Å². The van der Waals surface area contributed by atoms with Gasteiger partial charge in [-0.15, -0.1) is 0 Å². The Balaban J connectivity index is 0.00000900. The zero-order chi connectivity index (χ0) is 22.0. The summed E-state index contributed by atoms with van der Waals surface area (Å²) in [6, 6.07) is 0. The third kappa shape index (κ3) is 12.1. The Morgan fingerprint density at radius 1 is 0.645 bits per heavy atom. The van der Waals surface area contributed by atoms with Gasteiger partial charge in [0.2, 0.25) is 0 Å². The monoisotopic (exact) mass is 439 g/mol.